The highest BCUT2D eigenvalue weighted by Crippen LogP contribution is 2.24. The number of anilines is 1. The lowest BCUT2D eigenvalue weighted by Gasteiger charge is -2.32. The molecular formula is C19H23N5O. The number of fused-ring (bicyclic) bond motifs is 1. The molecule has 6 nitrogen and oxygen atoms in total. The molecule has 1 aromatic carbocycles. The molecular weight excluding hydrogens is 314 g/mol. The minimum absolute atomic E-state index is 0.0503. The first-order valence-corrected chi connectivity index (χ1v) is 8.58. The van der Waals surface area contributed by atoms with Gasteiger partial charge in [-0.2, -0.15) is 0 Å². The first-order chi connectivity index (χ1) is 12.1. The number of aromatic nitrogens is 3. The van der Waals surface area contributed by atoms with Gasteiger partial charge in [-0.3, -0.25) is 9.88 Å². The van der Waals surface area contributed by atoms with Crippen molar-refractivity contribution < 1.29 is 4.74 Å². The predicted octanol–water partition coefficient (Wildman–Crippen LogP) is 2.43. The second-order valence-electron chi connectivity index (χ2n) is 6.64. The summed E-state index contributed by atoms with van der Waals surface area (Å²) in [4.78, 5) is 11.7. The van der Waals surface area contributed by atoms with E-state index in [0.29, 0.717) is 6.61 Å². The molecule has 0 unspecified atom stereocenters. The minimum Gasteiger partial charge on any atom is -0.399 e. The summed E-state index contributed by atoms with van der Waals surface area (Å²) < 4.78 is 8.11. The molecule has 2 N–H and O–H groups in total. The third kappa shape index (κ3) is 3.23. The van der Waals surface area contributed by atoms with E-state index < -0.39 is 0 Å². The van der Waals surface area contributed by atoms with Crippen LogP contribution < -0.4 is 5.73 Å². The highest BCUT2D eigenvalue weighted by atomic mass is 16.5. The number of pyridine rings is 1. The van der Waals surface area contributed by atoms with Gasteiger partial charge in [0.15, 0.2) is 0 Å². The fraction of sp³-hybridized carbons (Fsp3) is 0.368. The lowest BCUT2D eigenvalue weighted by Crippen LogP contribution is -2.38. The van der Waals surface area contributed by atoms with Crippen LogP contribution in [-0.4, -0.2) is 39.1 Å². The number of hydrogen-bond donors (Lipinski definition) is 1. The van der Waals surface area contributed by atoms with Gasteiger partial charge in [0.1, 0.15) is 11.9 Å². The van der Waals surface area contributed by atoms with Crippen molar-refractivity contribution in [3.63, 3.8) is 0 Å². The third-order valence-electron chi connectivity index (χ3n) is 4.72. The number of benzene rings is 1. The van der Waals surface area contributed by atoms with Crippen molar-refractivity contribution in [2.45, 2.75) is 19.6 Å². The summed E-state index contributed by atoms with van der Waals surface area (Å²) in [6, 6.07) is 12.0. The third-order valence-corrected chi connectivity index (χ3v) is 4.72. The quantitative estimate of drug-likeness (QED) is 0.795. The summed E-state index contributed by atoms with van der Waals surface area (Å²) in [7, 11) is 2.07. The van der Waals surface area contributed by atoms with Crippen molar-refractivity contribution in [1.29, 1.82) is 0 Å². The fourth-order valence-corrected chi connectivity index (χ4v) is 3.45. The van der Waals surface area contributed by atoms with Gasteiger partial charge in [-0.1, -0.05) is 12.1 Å². The van der Waals surface area contributed by atoms with Gasteiger partial charge in [-0.25, -0.2) is 4.98 Å². The van der Waals surface area contributed by atoms with Crippen molar-refractivity contribution >= 4 is 16.7 Å². The van der Waals surface area contributed by atoms with Gasteiger partial charge >= 0.3 is 0 Å². The van der Waals surface area contributed by atoms with Gasteiger partial charge in [0, 0.05) is 31.5 Å². The molecule has 130 valence electrons. The summed E-state index contributed by atoms with van der Waals surface area (Å²) in [5.74, 6) is 1.07. The van der Waals surface area contributed by atoms with Crippen molar-refractivity contribution in [2.24, 2.45) is 7.05 Å². The Hall–Kier alpha value is -2.44. The lowest BCUT2D eigenvalue weighted by molar-refractivity contribution is -0.0359. The molecule has 2 aromatic heterocycles. The van der Waals surface area contributed by atoms with Crippen molar-refractivity contribution in [3.05, 3.63) is 53.6 Å². The zero-order chi connectivity index (χ0) is 17.4. The molecule has 1 saturated heterocycles. The molecule has 4 rings (SSSR count). The molecule has 1 aliphatic heterocycles. The van der Waals surface area contributed by atoms with E-state index in [1.54, 1.807) is 0 Å². The SMILES string of the molecule is Cc1cc(N)cc([C@@H]2CN(Cc3nc4ccccc4n3C)CCO2)n1. The zero-order valence-electron chi connectivity index (χ0n) is 14.6. The Morgan fingerprint density at radius 1 is 1.24 bits per heavy atom. The second-order valence-corrected chi connectivity index (χ2v) is 6.64. The summed E-state index contributed by atoms with van der Waals surface area (Å²) in [6.07, 6.45) is -0.0503. The number of morpholine rings is 1. The molecule has 3 aromatic rings. The summed E-state index contributed by atoms with van der Waals surface area (Å²) >= 11 is 0. The lowest BCUT2D eigenvalue weighted by atomic mass is 10.1. The molecule has 3 heterocycles. The van der Waals surface area contributed by atoms with E-state index in [1.807, 2.05) is 31.2 Å². The molecule has 6 heteroatoms. The van der Waals surface area contributed by atoms with Gasteiger partial charge in [0.05, 0.1) is 29.9 Å². The molecule has 0 aliphatic carbocycles. The van der Waals surface area contributed by atoms with Gasteiger partial charge in [0.25, 0.3) is 0 Å². The van der Waals surface area contributed by atoms with E-state index in [9.17, 15) is 0 Å². The molecule has 0 bridgehead atoms. The normalized spacial score (nSPS) is 18.7. The molecule has 0 saturated carbocycles. The number of aryl methyl sites for hydroxylation is 2. The Morgan fingerprint density at radius 2 is 2.08 bits per heavy atom. The highest BCUT2D eigenvalue weighted by Gasteiger charge is 2.24. The van der Waals surface area contributed by atoms with Gasteiger partial charge in [-0.05, 0) is 31.2 Å². The Bertz CT molecular complexity index is 884. The van der Waals surface area contributed by atoms with Crippen LogP contribution in [0.3, 0.4) is 0 Å². The van der Waals surface area contributed by atoms with E-state index in [0.717, 1.165) is 53.6 Å². The van der Waals surface area contributed by atoms with Crippen LogP contribution in [0.1, 0.15) is 23.3 Å². The number of nitrogen functional groups attached to an aromatic ring is 1. The number of ether oxygens (including phenoxy) is 1. The summed E-state index contributed by atoms with van der Waals surface area (Å²) in [5, 5.41) is 0. The number of nitrogens with zero attached hydrogens (tertiary/aromatic N) is 4. The predicted molar refractivity (Wildman–Crippen MR) is 98.1 cm³/mol. The van der Waals surface area contributed by atoms with Crippen LogP contribution in [0.25, 0.3) is 11.0 Å². The Morgan fingerprint density at radius 3 is 2.88 bits per heavy atom. The van der Waals surface area contributed by atoms with E-state index in [4.69, 9.17) is 15.5 Å². The fourth-order valence-electron chi connectivity index (χ4n) is 3.45. The number of rotatable bonds is 3. The smallest absolute Gasteiger partial charge is 0.123 e. The minimum atomic E-state index is -0.0503. The Balaban J connectivity index is 1.53. The maximum Gasteiger partial charge on any atom is 0.123 e. The molecule has 1 atom stereocenters. The van der Waals surface area contributed by atoms with Crippen LogP contribution in [0, 0.1) is 6.92 Å². The van der Waals surface area contributed by atoms with Crippen molar-refractivity contribution in [3.8, 4) is 0 Å². The molecule has 0 amide bonds. The van der Waals surface area contributed by atoms with Crippen molar-refractivity contribution in [2.75, 3.05) is 25.4 Å². The highest BCUT2D eigenvalue weighted by molar-refractivity contribution is 5.75. The number of para-hydroxylation sites is 2. The van der Waals surface area contributed by atoms with E-state index >= 15 is 0 Å². The van der Waals surface area contributed by atoms with Gasteiger partial charge < -0.3 is 15.0 Å². The van der Waals surface area contributed by atoms with Gasteiger partial charge in [0.2, 0.25) is 0 Å². The number of hydrogen-bond acceptors (Lipinski definition) is 5. The van der Waals surface area contributed by atoms with Crippen LogP contribution in [-0.2, 0) is 18.3 Å². The average Bonchev–Trinajstić information content (AvgIpc) is 2.91. The molecule has 25 heavy (non-hydrogen) atoms. The number of nitrogens with two attached hydrogens (primary N) is 1. The second kappa shape index (κ2) is 6.46. The maximum atomic E-state index is 5.96. The molecule has 1 fully saturated rings. The zero-order valence-corrected chi connectivity index (χ0v) is 14.6. The standard InChI is InChI=1S/C19H23N5O/c1-13-9-14(20)10-16(21-13)18-11-24(7-8-25-18)12-19-22-15-5-3-4-6-17(15)23(19)2/h3-6,9-10,18H,7-8,11-12H2,1-2H3,(H2,20,21)/t18-/m0/s1. The molecule has 0 spiro atoms. The summed E-state index contributed by atoms with van der Waals surface area (Å²) in [6.45, 7) is 5.12. The molecule has 0 radical (unpaired) electrons. The monoisotopic (exact) mass is 337 g/mol. The Labute approximate surface area is 147 Å². The van der Waals surface area contributed by atoms with Crippen LogP contribution in [0.2, 0.25) is 0 Å². The van der Waals surface area contributed by atoms with Crippen LogP contribution in [0.5, 0.6) is 0 Å². The number of imidazole rings is 1. The van der Waals surface area contributed by atoms with E-state index in [2.05, 4.69) is 33.6 Å². The Kier molecular flexibility index (Phi) is 4.15. The summed E-state index contributed by atoms with van der Waals surface area (Å²) in [5.41, 5.74) is 10.7. The van der Waals surface area contributed by atoms with Gasteiger partial charge in [-0.15, -0.1) is 0 Å². The van der Waals surface area contributed by atoms with Crippen LogP contribution >= 0.6 is 0 Å². The van der Waals surface area contributed by atoms with E-state index in [1.165, 1.54) is 0 Å². The largest absolute Gasteiger partial charge is 0.399 e. The average molecular weight is 337 g/mol. The first-order valence-electron chi connectivity index (χ1n) is 8.58. The topological polar surface area (TPSA) is 69.2 Å². The van der Waals surface area contributed by atoms with E-state index in [-0.39, 0.29) is 6.10 Å². The molecule has 1 aliphatic rings. The maximum absolute atomic E-state index is 5.96. The van der Waals surface area contributed by atoms with Crippen LogP contribution in [0.15, 0.2) is 36.4 Å². The van der Waals surface area contributed by atoms with Crippen LogP contribution in [0.4, 0.5) is 5.69 Å². The first kappa shape index (κ1) is 16.1. The van der Waals surface area contributed by atoms with Crippen molar-refractivity contribution in [1.82, 2.24) is 19.4 Å².